The minimum atomic E-state index is 0.0850. The molecular weight excluding hydrogens is 214 g/mol. The molecule has 3 heteroatoms. The normalized spacial score (nSPS) is 10.9. The fraction of sp³-hybridized carbons (Fsp3) is 0. The highest BCUT2D eigenvalue weighted by atomic mass is 16.6. The van der Waals surface area contributed by atoms with E-state index in [1.165, 1.54) is 0 Å². The molecule has 0 amide bonds. The van der Waals surface area contributed by atoms with E-state index in [9.17, 15) is 5.11 Å². The van der Waals surface area contributed by atoms with Crippen molar-refractivity contribution < 1.29 is 9.94 Å². The van der Waals surface area contributed by atoms with Crippen molar-refractivity contribution in [1.82, 2.24) is 0 Å². The molecule has 0 radical (unpaired) electrons. The molecule has 0 aromatic heterocycles. The highest BCUT2D eigenvalue weighted by molar-refractivity contribution is 6.13. The Kier molecular flexibility index (Phi) is 2.13. The highest BCUT2D eigenvalue weighted by Gasteiger charge is 2.13. The summed E-state index contributed by atoms with van der Waals surface area (Å²) in [5.41, 5.74) is 0. The van der Waals surface area contributed by atoms with E-state index in [2.05, 4.69) is 0 Å². The number of rotatable bonds is 1. The van der Waals surface area contributed by atoms with Gasteiger partial charge in [0.15, 0.2) is 11.5 Å². The van der Waals surface area contributed by atoms with Gasteiger partial charge < -0.3 is 9.94 Å². The zero-order valence-corrected chi connectivity index (χ0v) is 9.05. The van der Waals surface area contributed by atoms with E-state index in [4.69, 9.17) is 10.7 Å². The molecule has 0 bridgehead atoms. The third-order valence-corrected chi connectivity index (χ3v) is 2.98. The van der Waals surface area contributed by atoms with Crippen LogP contribution in [0.5, 0.6) is 11.5 Å². The average molecular weight is 225 g/mol. The summed E-state index contributed by atoms with van der Waals surface area (Å²) >= 11 is 0. The van der Waals surface area contributed by atoms with E-state index in [1.807, 2.05) is 48.5 Å². The molecule has 0 saturated carbocycles. The van der Waals surface area contributed by atoms with Crippen LogP contribution in [-0.4, -0.2) is 5.11 Å². The third-order valence-electron chi connectivity index (χ3n) is 2.98. The SMILES string of the molecule is NOc1c(O)c2ccccc2c2ccccc12. The standard InChI is InChI=1S/C14H11NO2/c15-17-14-12-8-4-2-6-10(12)9-5-1-3-7-11(9)13(14)16/h1-8,16H,15H2. The first-order chi connectivity index (χ1) is 8.33. The number of hydrogen-bond acceptors (Lipinski definition) is 3. The molecule has 0 unspecified atom stereocenters. The summed E-state index contributed by atoms with van der Waals surface area (Å²) < 4.78 is 0. The lowest BCUT2D eigenvalue weighted by molar-refractivity contribution is 0.318. The van der Waals surface area contributed by atoms with Crippen molar-refractivity contribution in [3.63, 3.8) is 0 Å². The van der Waals surface area contributed by atoms with E-state index in [0.717, 1.165) is 21.5 Å². The maximum absolute atomic E-state index is 10.1. The second kappa shape index (κ2) is 3.64. The zero-order valence-electron chi connectivity index (χ0n) is 9.05. The van der Waals surface area contributed by atoms with Crippen molar-refractivity contribution in [2.24, 2.45) is 5.90 Å². The Morgan fingerprint density at radius 3 is 1.82 bits per heavy atom. The Hall–Kier alpha value is -2.26. The van der Waals surface area contributed by atoms with Crippen molar-refractivity contribution in [2.45, 2.75) is 0 Å². The van der Waals surface area contributed by atoms with Crippen LogP contribution in [0.2, 0.25) is 0 Å². The predicted octanol–water partition coefficient (Wildman–Crippen LogP) is 2.95. The second-order valence-electron chi connectivity index (χ2n) is 3.89. The van der Waals surface area contributed by atoms with Crippen LogP contribution in [0.25, 0.3) is 21.5 Å². The molecule has 0 aliphatic heterocycles. The van der Waals surface area contributed by atoms with Gasteiger partial charge in [0.05, 0.1) is 0 Å². The van der Waals surface area contributed by atoms with Crippen LogP contribution in [0.15, 0.2) is 48.5 Å². The molecule has 3 aromatic carbocycles. The van der Waals surface area contributed by atoms with Gasteiger partial charge in [0.25, 0.3) is 0 Å². The maximum atomic E-state index is 10.1. The summed E-state index contributed by atoms with van der Waals surface area (Å²) in [5, 5.41) is 13.7. The second-order valence-corrected chi connectivity index (χ2v) is 3.89. The lowest BCUT2D eigenvalue weighted by Gasteiger charge is -2.11. The smallest absolute Gasteiger partial charge is 0.196 e. The summed E-state index contributed by atoms with van der Waals surface area (Å²) in [7, 11) is 0. The third kappa shape index (κ3) is 1.33. The minimum absolute atomic E-state index is 0.0850. The fourth-order valence-electron chi connectivity index (χ4n) is 2.21. The Morgan fingerprint density at radius 1 is 0.765 bits per heavy atom. The van der Waals surface area contributed by atoms with Gasteiger partial charge in [0.2, 0.25) is 0 Å². The first-order valence-electron chi connectivity index (χ1n) is 5.32. The maximum Gasteiger partial charge on any atom is 0.196 e. The first-order valence-corrected chi connectivity index (χ1v) is 5.32. The molecule has 3 rings (SSSR count). The van der Waals surface area contributed by atoms with Gasteiger partial charge in [-0.15, -0.1) is 0 Å². The molecule has 0 heterocycles. The van der Waals surface area contributed by atoms with Crippen molar-refractivity contribution in [3.8, 4) is 11.5 Å². The van der Waals surface area contributed by atoms with E-state index in [1.54, 1.807) is 0 Å². The quantitative estimate of drug-likeness (QED) is 0.494. The number of fused-ring (bicyclic) bond motifs is 3. The van der Waals surface area contributed by atoms with Crippen molar-refractivity contribution in [2.75, 3.05) is 0 Å². The van der Waals surface area contributed by atoms with Crippen molar-refractivity contribution >= 4 is 21.5 Å². The van der Waals surface area contributed by atoms with Gasteiger partial charge in [0.1, 0.15) is 0 Å². The average Bonchev–Trinajstić information content (AvgIpc) is 2.40. The molecule has 0 fully saturated rings. The number of phenolic OH excluding ortho intramolecular Hbond substituents is 1. The van der Waals surface area contributed by atoms with Gasteiger partial charge in [-0.05, 0) is 10.8 Å². The molecule has 3 N–H and O–H groups in total. The Morgan fingerprint density at radius 2 is 1.24 bits per heavy atom. The monoisotopic (exact) mass is 225 g/mol. The molecule has 84 valence electrons. The van der Waals surface area contributed by atoms with Crippen LogP contribution in [-0.2, 0) is 0 Å². The molecule has 3 nitrogen and oxygen atoms in total. The highest BCUT2D eigenvalue weighted by Crippen LogP contribution is 2.41. The lowest BCUT2D eigenvalue weighted by Crippen LogP contribution is -2.02. The van der Waals surface area contributed by atoms with Crippen molar-refractivity contribution in [3.05, 3.63) is 48.5 Å². The molecule has 0 aliphatic carbocycles. The van der Waals surface area contributed by atoms with E-state index in [-0.39, 0.29) is 5.75 Å². The molecule has 0 aliphatic rings. The Bertz CT molecular complexity index is 707. The summed E-state index contributed by atoms with van der Waals surface area (Å²) in [6, 6.07) is 15.3. The molecule has 0 saturated heterocycles. The number of aromatic hydroxyl groups is 1. The molecule has 3 aromatic rings. The summed E-state index contributed by atoms with van der Waals surface area (Å²) in [6.45, 7) is 0. The topological polar surface area (TPSA) is 55.5 Å². The van der Waals surface area contributed by atoms with Gasteiger partial charge in [0, 0.05) is 10.8 Å². The van der Waals surface area contributed by atoms with Crippen LogP contribution in [0, 0.1) is 0 Å². The van der Waals surface area contributed by atoms with E-state index >= 15 is 0 Å². The summed E-state index contributed by atoms with van der Waals surface area (Å²) in [4.78, 5) is 4.82. The molecule has 0 spiro atoms. The predicted molar refractivity (Wildman–Crippen MR) is 67.9 cm³/mol. The van der Waals surface area contributed by atoms with Gasteiger partial charge in [-0.3, -0.25) is 0 Å². The van der Waals surface area contributed by atoms with Crippen LogP contribution >= 0.6 is 0 Å². The number of phenols is 1. The number of benzene rings is 3. The lowest BCUT2D eigenvalue weighted by atomic mass is 10.0. The minimum Gasteiger partial charge on any atom is -0.504 e. The van der Waals surface area contributed by atoms with E-state index < -0.39 is 0 Å². The van der Waals surface area contributed by atoms with Gasteiger partial charge in [-0.25, -0.2) is 0 Å². The van der Waals surface area contributed by atoms with Gasteiger partial charge >= 0.3 is 0 Å². The van der Waals surface area contributed by atoms with Crippen molar-refractivity contribution in [1.29, 1.82) is 0 Å². The molecule has 0 atom stereocenters. The summed E-state index contributed by atoms with van der Waals surface area (Å²) in [6.07, 6.45) is 0. The van der Waals surface area contributed by atoms with Crippen LogP contribution < -0.4 is 10.7 Å². The van der Waals surface area contributed by atoms with Crippen LogP contribution in [0.3, 0.4) is 0 Å². The molecular formula is C14H11NO2. The number of hydrogen-bond donors (Lipinski definition) is 2. The van der Waals surface area contributed by atoms with Crippen LogP contribution in [0.1, 0.15) is 0 Å². The zero-order chi connectivity index (χ0) is 11.8. The van der Waals surface area contributed by atoms with Crippen LogP contribution in [0.4, 0.5) is 0 Å². The van der Waals surface area contributed by atoms with E-state index in [0.29, 0.717) is 5.75 Å². The van der Waals surface area contributed by atoms with Gasteiger partial charge in [-0.1, -0.05) is 48.5 Å². The first kappa shape index (κ1) is 9.93. The fourth-order valence-corrected chi connectivity index (χ4v) is 2.21. The molecule has 17 heavy (non-hydrogen) atoms. The number of nitrogens with two attached hydrogens (primary N) is 1. The largest absolute Gasteiger partial charge is 0.504 e. The Labute approximate surface area is 98.0 Å². The van der Waals surface area contributed by atoms with Gasteiger partial charge in [-0.2, -0.15) is 5.90 Å². The summed E-state index contributed by atoms with van der Waals surface area (Å²) in [5.74, 6) is 5.65. The Balaban J connectivity index is 2.64.